The minimum absolute atomic E-state index is 0.396. The molecule has 0 unspecified atom stereocenters. The smallest absolute Gasteiger partial charge is 0.172 e. The van der Waals surface area contributed by atoms with Crippen LogP contribution in [0.1, 0.15) is 39.5 Å². The van der Waals surface area contributed by atoms with Gasteiger partial charge in [0, 0.05) is 6.54 Å². The standard InChI is InChI=1S/C12H19BrN2O/c1-9(2)8-15-12(13)11(7-14-15)16-10-5-3-4-6-10/h7,9-10H,3-6,8H2,1-2H3. The van der Waals surface area contributed by atoms with Gasteiger partial charge >= 0.3 is 0 Å². The lowest BCUT2D eigenvalue weighted by Gasteiger charge is -2.12. The molecule has 0 radical (unpaired) electrons. The lowest BCUT2D eigenvalue weighted by atomic mass is 10.2. The highest BCUT2D eigenvalue weighted by Gasteiger charge is 2.19. The van der Waals surface area contributed by atoms with E-state index in [0.29, 0.717) is 12.0 Å². The van der Waals surface area contributed by atoms with Crippen LogP contribution in [0.5, 0.6) is 5.75 Å². The van der Waals surface area contributed by atoms with E-state index in [0.717, 1.165) is 16.9 Å². The number of halogens is 1. The van der Waals surface area contributed by atoms with Crippen molar-refractivity contribution in [2.24, 2.45) is 5.92 Å². The Bertz CT molecular complexity index is 343. The van der Waals surface area contributed by atoms with Gasteiger partial charge in [0.15, 0.2) is 5.75 Å². The van der Waals surface area contributed by atoms with E-state index in [1.54, 1.807) is 0 Å². The normalized spacial score (nSPS) is 17.2. The molecule has 0 atom stereocenters. The number of aromatic nitrogens is 2. The van der Waals surface area contributed by atoms with Crippen LogP contribution in [-0.2, 0) is 6.54 Å². The van der Waals surface area contributed by atoms with Crippen LogP contribution >= 0.6 is 15.9 Å². The average molecular weight is 287 g/mol. The molecule has 1 heterocycles. The van der Waals surface area contributed by atoms with Crippen molar-refractivity contribution in [3.8, 4) is 5.75 Å². The molecule has 90 valence electrons. The number of rotatable bonds is 4. The van der Waals surface area contributed by atoms with Gasteiger partial charge < -0.3 is 4.74 Å². The Hall–Kier alpha value is -0.510. The van der Waals surface area contributed by atoms with Crippen LogP contribution in [0.2, 0.25) is 0 Å². The molecular formula is C12H19BrN2O. The first kappa shape index (κ1) is 12.0. The van der Waals surface area contributed by atoms with Crippen molar-refractivity contribution < 1.29 is 4.74 Å². The summed E-state index contributed by atoms with van der Waals surface area (Å²) in [6.45, 7) is 5.30. The van der Waals surface area contributed by atoms with E-state index in [9.17, 15) is 0 Å². The highest BCUT2D eigenvalue weighted by molar-refractivity contribution is 9.10. The van der Waals surface area contributed by atoms with E-state index in [-0.39, 0.29) is 0 Å². The molecule has 4 heteroatoms. The Balaban J connectivity index is 2.01. The molecule has 1 aromatic rings. The third-order valence-electron chi connectivity index (χ3n) is 2.88. The van der Waals surface area contributed by atoms with Crippen molar-refractivity contribution in [2.75, 3.05) is 0 Å². The molecule has 0 amide bonds. The first-order valence-electron chi connectivity index (χ1n) is 6.04. The van der Waals surface area contributed by atoms with Gasteiger partial charge in [0.2, 0.25) is 0 Å². The van der Waals surface area contributed by atoms with Crippen LogP contribution in [0.3, 0.4) is 0 Å². The molecule has 0 saturated heterocycles. The maximum absolute atomic E-state index is 5.94. The van der Waals surface area contributed by atoms with Crippen LogP contribution in [-0.4, -0.2) is 15.9 Å². The zero-order valence-corrected chi connectivity index (χ0v) is 11.5. The first-order valence-corrected chi connectivity index (χ1v) is 6.84. The van der Waals surface area contributed by atoms with Crippen LogP contribution in [0, 0.1) is 5.92 Å². The van der Waals surface area contributed by atoms with E-state index in [4.69, 9.17) is 4.74 Å². The third kappa shape index (κ3) is 2.78. The van der Waals surface area contributed by atoms with Crippen LogP contribution < -0.4 is 4.74 Å². The van der Waals surface area contributed by atoms with Gasteiger partial charge in [0.1, 0.15) is 4.60 Å². The average Bonchev–Trinajstić information content (AvgIpc) is 2.82. The predicted molar refractivity (Wildman–Crippen MR) is 67.6 cm³/mol. The fourth-order valence-corrected chi connectivity index (χ4v) is 2.52. The molecule has 1 fully saturated rings. The van der Waals surface area contributed by atoms with Crippen molar-refractivity contribution in [3.05, 3.63) is 10.8 Å². The highest BCUT2D eigenvalue weighted by Crippen LogP contribution is 2.30. The zero-order valence-electron chi connectivity index (χ0n) is 9.95. The molecule has 1 aliphatic rings. The van der Waals surface area contributed by atoms with E-state index < -0.39 is 0 Å². The maximum Gasteiger partial charge on any atom is 0.172 e. The van der Waals surface area contributed by atoms with E-state index in [1.807, 2.05) is 10.9 Å². The van der Waals surface area contributed by atoms with Gasteiger partial charge in [-0.15, -0.1) is 0 Å². The molecule has 0 aliphatic heterocycles. The summed E-state index contributed by atoms with van der Waals surface area (Å²) in [6, 6.07) is 0. The first-order chi connectivity index (χ1) is 7.66. The lowest BCUT2D eigenvalue weighted by Crippen LogP contribution is -2.11. The summed E-state index contributed by atoms with van der Waals surface area (Å²) in [6.07, 6.45) is 7.17. The van der Waals surface area contributed by atoms with Crippen LogP contribution in [0.25, 0.3) is 0 Å². The van der Waals surface area contributed by atoms with Crippen molar-refractivity contribution in [1.29, 1.82) is 0 Å². The summed E-state index contributed by atoms with van der Waals surface area (Å²) in [7, 11) is 0. The van der Waals surface area contributed by atoms with Crippen molar-refractivity contribution in [3.63, 3.8) is 0 Å². The van der Waals surface area contributed by atoms with Gasteiger partial charge in [0.05, 0.1) is 12.3 Å². The SMILES string of the molecule is CC(C)Cn1ncc(OC2CCCC2)c1Br. The van der Waals surface area contributed by atoms with Crippen molar-refractivity contribution in [1.82, 2.24) is 9.78 Å². The summed E-state index contributed by atoms with van der Waals surface area (Å²) in [5.74, 6) is 1.49. The minimum Gasteiger partial charge on any atom is -0.486 e. The second-order valence-corrected chi connectivity index (χ2v) is 5.65. The molecule has 1 aromatic heterocycles. The topological polar surface area (TPSA) is 27.1 Å². The quantitative estimate of drug-likeness (QED) is 0.845. The number of ether oxygens (including phenoxy) is 1. The molecule has 1 aliphatic carbocycles. The molecule has 0 bridgehead atoms. The fraction of sp³-hybridized carbons (Fsp3) is 0.750. The molecule has 16 heavy (non-hydrogen) atoms. The summed E-state index contributed by atoms with van der Waals surface area (Å²) in [4.78, 5) is 0. The molecule has 0 aromatic carbocycles. The Morgan fingerprint density at radius 2 is 2.19 bits per heavy atom. The van der Waals surface area contributed by atoms with E-state index >= 15 is 0 Å². The van der Waals surface area contributed by atoms with Gasteiger partial charge in [-0.1, -0.05) is 13.8 Å². The third-order valence-corrected chi connectivity index (χ3v) is 3.68. The monoisotopic (exact) mass is 286 g/mol. The molecule has 0 spiro atoms. The van der Waals surface area contributed by atoms with Crippen molar-refractivity contribution >= 4 is 15.9 Å². The summed E-state index contributed by atoms with van der Waals surface area (Å²) < 4.78 is 8.89. The molecule has 2 rings (SSSR count). The maximum atomic E-state index is 5.94. The van der Waals surface area contributed by atoms with Gasteiger partial charge in [-0.05, 0) is 47.5 Å². The number of nitrogens with zero attached hydrogens (tertiary/aromatic N) is 2. The van der Waals surface area contributed by atoms with Gasteiger partial charge in [-0.25, -0.2) is 0 Å². The Morgan fingerprint density at radius 3 is 2.81 bits per heavy atom. The summed E-state index contributed by atoms with van der Waals surface area (Å²) in [5.41, 5.74) is 0. The lowest BCUT2D eigenvalue weighted by molar-refractivity contribution is 0.208. The van der Waals surface area contributed by atoms with Gasteiger partial charge in [-0.3, -0.25) is 4.68 Å². The van der Waals surface area contributed by atoms with Crippen molar-refractivity contribution in [2.45, 2.75) is 52.2 Å². The van der Waals surface area contributed by atoms with Crippen LogP contribution in [0.4, 0.5) is 0 Å². The summed E-state index contributed by atoms with van der Waals surface area (Å²) in [5, 5.41) is 4.34. The van der Waals surface area contributed by atoms with Crippen LogP contribution in [0.15, 0.2) is 10.8 Å². The Morgan fingerprint density at radius 1 is 1.50 bits per heavy atom. The van der Waals surface area contributed by atoms with Gasteiger partial charge in [-0.2, -0.15) is 5.10 Å². The molecule has 3 nitrogen and oxygen atoms in total. The second-order valence-electron chi connectivity index (χ2n) is 4.90. The van der Waals surface area contributed by atoms with E-state index in [1.165, 1.54) is 25.7 Å². The Kier molecular flexibility index (Phi) is 3.90. The zero-order chi connectivity index (χ0) is 11.5. The predicted octanol–water partition coefficient (Wildman–Crippen LogP) is 3.62. The largest absolute Gasteiger partial charge is 0.486 e. The second kappa shape index (κ2) is 5.21. The summed E-state index contributed by atoms with van der Waals surface area (Å²) >= 11 is 3.56. The number of hydrogen-bond acceptors (Lipinski definition) is 2. The Labute approximate surface area is 105 Å². The molecular weight excluding hydrogens is 268 g/mol. The molecule has 1 saturated carbocycles. The van der Waals surface area contributed by atoms with E-state index in [2.05, 4.69) is 34.9 Å². The molecule has 0 N–H and O–H groups in total. The minimum atomic E-state index is 0.396. The highest BCUT2D eigenvalue weighted by atomic mass is 79.9. The van der Waals surface area contributed by atoms with Gasteiger partial charge in [0.25, 0.3) is 0 Å². The number of hydrogen-bond donors (Lipinski definition) is 0. The fourth-order valence-electron chi connectivity index (χ4n) is 2.09.